The monoisotopic (exact) mass is 590 g/mol. The summed E-state index contributed by atoms with van der Waals surface area (Å²) in [6.45, 7) is 3.33. The van der Waals surface area contributed by atoms with Crippen molar-refractivity contribution in [2.24, 2.45) is 0 Å². The number of hydrogen-bond acceptors (Lipinski definition) is 4. The van der Waals surface area contributed by atoms with Gasteiger partial charge in [0.1, 0.15) is 0 Å². The van der Waals surface area contributed by atoms with E-state index in [-0.39, 0.29) is 11.4 Å². The average Bonchev–Trinajstić information content (AvgIpc) is 3.24. The summed E-state index contributed by atoms with van der Waals surface area (Å²) in [5.74, 6) is -0.0336. The van der Waals surface area contributed by atoms with Crippen LogP contribution >= 0.6 is 23.2 Å². The highest BCUT2D eigenvalue weighted by Gasteiger charge is 2.46. The van der Waals surface area contributed by atoms with Gasteiger partial charge in [-0.05, 0) is 84.7 Å². The number of halogens is 2. The molecule has 1 aliphatic carbocycles. The Morgan fingerprint density at radius 3 is 2.29 bits per heavy atom. The third kappa shape index (κ3) is 6.29. The van der Waals surface area contributed by atoms with Gasteiger partial charge in [-0.1, -0.05) is 79.2 Å². The number of piperidine rings is 1. The number of carbonyl (C=O) groups excluding carboxylic acids is 1. The third-order valence-electron chi connectivity index (χ3n) is 9.53. The maximum atomic E-state index is 13.4. The van der Waals surface area contributed by atoms with Crippen LogP contribution in [-0.2, 0) is 16.8 Å². The van der Waals surface area contributed by atoms with Gasteiger partial charge in [0.25, 0.3) is 0 Å². The van der Waals surface area contributed by atoms with Crippen molar-refractivity contribution in [2.45, 2.75) is 69.4 Å². The summed E-state index contributed by atoms with van der Waals surface area (Å²) in [4.78, 5) is 18.6. The Bertz CT molecular complexity index is 1370. The molecule has 2 fully saturated rings. The summed E-state index contributed by atoms with van der Waals surface area (Å²) in [6, 6.07) is 20.9. The highest BCUT2D eigenvalue weighted by molar-refractivity contribution is 6.35. The number of carbonyl (C=O) groups is 1. The Morgan fingerprint density at radius 2 is 1.59 bits per heavy atom. The lowest BCUT2D eigenvalue weighted by atomic mass is 9.73. The van der Waals surface area contributed by atoms with Gasteiger partial charge < -0.3 is 16.0 Å². The molecule has 0 atom stereocenters. The van der Waals surface area contributed by atoms with Gasteiger partial charge in [0.2, 0.25) is 5.91 Å². The van der Waals surface area contributed by atoms with Crippen molar-refractivity contribution >= 4 is 40.5 Å². The molecule has 216 valence electrons. The molecule has 3 N–H and O–H groups in total. The molecule has 1 saturated carbocycles. The van der Waals surface area contributed by atoms with Crippen LogP contribution in [0.25, 0.3) is 11.1 Å². The van der Waals surface area contributed by atoms with Crippen LogP contribution in [0, 0.1) is 0 Å². The normalized spacial score (nSPS) is 20.0. The van der Waals surface area contributed by atoms with E-state index in [1.165, 1.54) is 55.2 Å². The number of nitrogens with two attached hydrogens (primary N) is 1. The molecule has 3 aliphatic rings. The standard InChI is InChI=1S/C34H40Cl2N4O/c35-27-20-28(36)22-30(21-27)38-33(41)23-40-15-12-26-18-25(24-6-5-7-29(37)19-24)10-11-32(26)34(40)13-16-39(17-14-34)31-8-3-1-2-4-9-31/h5-7,10-11,18-22,31H,1-4,8-9,12-17,23,37H2,(H,38,41). The van der Waals surface area contributed by atoms with Crippen molar-refractivity contribution in [3.05, 3.63) is 81.8 Å². The maximum Gasteiger partial charge on any atom is 0.238 e. The van der Waals surface area contributed by atoms with Crippen LogP contribution < -0.4 is 11.1 Å². The smallest absolute Gasteiger partial charge is 0.238 e. The zero-order valence-corrected chi connectivity index (χ0v) is 25.2. The molecule has 41 heavy (non-hydrogen) atoms. The maximum absolute atomic E-state index is 13.4. The lowest BCUT2D eigenvalue weighted by molar-refractivity contribution is -0.120. The second-order valence-electron chi connectivity index (χ2n) is 12.1. The van der Waals surface area contributed by atoms with Gasteiger partial charge in [0.15, 0.2) is 0 Å². The lowest BCUT2D eigenvalue weighted by Gasteiger charge is -2.53. The molecule has 6 rings (SSSR count). The number of benzene rings is 3. The van der Waals surface area contributed by atoms with E-state index >= 15 is 0 Å². The Kier molecular flexibility index (Phi) is 8.60. The Hall–Kier alpha value is -2.57. The van der Waals surface area contributed by atoms with Crippen LogP contribution in [0.3, 0.4) is 0 Å². The number of nitrogens with one attached hydrogen (secondary N) is 1. The minimum absolute atomic E-state index is 0.0336. The fraction of sp³-hybridized carbons (Fsp3) is 0.441. The highest BCUT2D eigenvalue weighted by Crippen LogP contribution is 2.45. The molecule has 1 spiro atoms. The zero-order valence-electron chi connectivity index (χ0n) is 23.7. The first-order valence-corrected chi connectivity index (χ1v) is 15.9. The molecule has 1 saturated heterocycles. The van der Waals surface area contributed by atoms with E-state index in [4.69, 9.17) is 28.9 Å². The minimum Gasteiger partial charge on any atom is -0.399 e. The van der Waals surface area contributed by atoms with Gasteiger partial charge in [-0.2, -0.15) is 0 Å². The molecule has 0 aromatic heterocycles. The van der Waals surface area contributed by atoms with Gasteiger partial charge in [0.05, 0.1) is 6.54 Å². The number of likely N-dealkylation sites (tertiary alicyclic amines) is 1. The SMILES string of the molecule is Nc1cccc(-c2ccc3c(c2)CCN(CC(=O)Nc2cc(Cl)cc(Cl)c2)C32CCN(C3CCCCCC3)CC2)c1. The fourth-order valence-electron chi connectivity index (χ4n) is 7.49. The van der Waals surface area contributed by atoms with Crippen LogP contribution in [0.5, 0.6) is 0 Å². The molecule has 0 radical (unpaired) electrons. The van der Waals surface area contributed by atoms with Crippen LogP contribution in [0.4, 0.5) is 11.4 Å². The third-order valence-corrected chi connectivity index (χ3v) is 9.97. The van der Waals surface area contributed by atoms with E-state index in [1.54, 1.807) is 18.2 Å². The quantitative estimate of drug-likeness (QED) is 0.235. The number of nitrogen functional groups attached to an aromatic ring is 1. The van der Waals surface area contributed by atoms with Crippen molar-refractivity contribution < 1.29 is 4.79 Å². The molecule has 7 heteroatoms. The summed E-state index contributed by atoms with van der Waals surface area (Å²) in [5, 5.41) is 4.07. The molecule has 5 nitrogen and oxygen atoms in total. The molecule has 2 aliphatic heterocycles. The predicted molar refractivity (Wildman–Crippen MR) is 171 cm³/mol. The first kappa shape index (κ1) is 28.5. The average molecular weight is 592 g/mol. The van der Waals surface area contributed by atoms with Crippen molar-refractivity contribution in [1.82, 2.24) is 9.80 Å². The van der Waals surface area contributed by atoms with E-state index in [2.05, 4.69) is 39.4 Å². The van der Waals surface area contributed by atoms with E-state index < -0.39 is 0 Å². The number of anilines is 2. The summed E-state index contributed by atoms with van der Waals surface area (Å²) >= 11 is 12.4. The molecular formula is C34H40Cl2N4O. The van der Waals surface area contributed by atoms with Gasteiger partial charge in [-0.25, -0.2) is 0 Å². The molecule has 0 unspecified atom stereocenters. The van der Waals surface area contributed by atoms with Gasteiger partial charge in [-0.15, -0.1) is 0 Å². The summed E-state index contributed by atoms with van der Waals surface area (Å²) in [5.41, 5.74) is 12.5. The molecular weight excluding hydrogens is 551 g/mol. The van der Waals surface area contributed by atoms with Crippen molar-refractivity contribution in [3.8, 4) is 11.1 Å². The number of fused-ring (bicyclic) bond motifs is 2. The van der Waals surface area contributed by atoms with Crippen LogP contribution in [0.15, 0.2) is 60.7 Å². The van der Waals surface area contributed by atoms with Crippen LogP contribution in [0.2, 0.25) is 10.0 Å². The van der Waals surface area contributed by atoms with Crippen molar-refractivity contribution in [2.75, 3.05) is 37.2 Å². The highest BCUT2D eigenvalue weighted by atomic mass is 35.5. The Morgan fingerprint density at radius 1 is 0.878 bits per heavy atom. The number of rotatable bonds is 5. The molecule has 0 bridgehead atoms. The summed E-state index contributed by atoms with van der Waals surface area (Å²) in [7, 11) is 0. The van der Waals surface area contributed by atoms with Crippen LogP contribution in [-0.4, -0.2) is 47.9 Å². The van der Waals surface area contributed by atoms with Gasteiger partial charge in [0, 0.05) is 52.6 Å². The van der Waals surface area contributed by atoms with E-state index in [9.17, 15) is 4.79 Å². The molecule has 3 aromatic rings. The van der Waals surface area contributed by atoms with Crippen molar-refractivity contribution in [1.29, 1.82) is 0 Å². The van der Waals surface area contributed by atoms with E-state index in [1.807, 2.05) is 18.2 Å². The topological polar surface area (TPSA) is 61.6 Å². The second-order valence-corrected chi connectivity index (χ2v) is 13.0. The lowest BCUT2D eigenvalue weighted by Crippen LogP contribution is -2.58. The number of hydrogen-bond donors (Lipinski definition) is 2. The largest absolute Gasteiger partial charge is 0.399 e. The first-order valence-electron chi connectivity index (χ1n) is 15.1. The zero-order chi connectivity index (χ0) is 28.4. The number of nitrogens with zero attached hydrogens (tertiary/aromatic N) is 2. The fourth-order valence-corrected chi connectivity index (χ4v) is 8.02. The van der Waals surface area contributed by atoms with Crippen molar-refractivity contribution in [3.63, 3.8) is 0 Å². The van der Waals surface area contributed by atoms with E-state index in [0.717, 1.165) is 50.1 Å². The minimum atomic E-state index is -0.160. The van der Waals surface area contributed by atoms with Gasteiger partial charge >= 0.3 is 0 Å². The molecule has 2 heterocycles. The second kappa shape index (κ2) is 12.3. The summed E-state index contributed by atoms with van der Waals surface area (Å²) in [6.07, 6.45) is 11.1. The molecule has 3 aromatic carbocycles. The summed E-state index contributed by atoms with van der Waals surface area (Å²) < 4.78 is 0. The molecule has 1 amide bonds. The number of amides is 1. The Labute approximate surface area is 254 Å². The first-order chi connectivity index (χ1) is 19.9. The Balaban J connectivity index is 1.27. The predicted octanol–water partition coefficient (Wildman–Crippen LogP) is 7.75. The van der Waals surface area contributed by atoms with E-state index in [0.29, 0.717) is 28.3 Å². The van der Waals surface area contributed by atoms with Crippen LogP contribution in [0.1, 0.15) is 62.5 Å². The van der Waals surface area contributed by atoms with Gasteiger partial charge in [-0.3, -0.25) is 9.69 Å².